The Bertz CT molecular complexity index is 1050. The van der Waals surface area contributed by atoms with Gasteiger partial charge in [-0.3, -0.25) is 9.59 Å². The Morgan fingerprint density at radius 3 is 2.60 bits per heavy atom. The maximum Gasteiger partial charge on any atom is 0.338 e. The largest absolute Gasteiger partial charge is 0.479 e. The molecule has 0 bridgehead atoms. The van der Waals surface area contributed by atoms with Crippen molar-refractivity contribution in [1.29, 1.82) is 0 Å². The van der Waals surface area contributed by atoms with Gasteiger partial charge in [-0.25, -0.2) is 9.69 Å². The lowest BCUT2D eigenvalue weighted by Gasteiger charge is -2.18. The first kappa shape index (κ1) is 21.1. The Kier molecular flexibility index (Phi) is 6.19. The van der Waals surface area contributed by atoms with E-state index in [2.05, 4.69) is 5.92 Å². The van der Waals surface area contributed by atoms with Gasteiger partial charge in [-0.15, -0.1) is 6.42 Å². The van der Waals surface area contributed by atoms with Crippen LogP contribution in [-0.4, -0.2) is 42.2 Å². The average molecular weight is 407 g/mol. The third-order valence-corrected chi connectivity index (χ3v) is 4.67. The molecule has 0 fully saturated rings. The van der Waals surface area contributed by atoms with Crippen LogP contribution in [-0.2, 0) is 4.74 Å². The monoisotopic (exact) mass is 407 g/mol. The predicted molar refractivity (Wildman–Crippen MR) is 110 cm³/mol. The summed E-state index contributed by atoms with van der Waals surface area (Å²) in [5, 5.41) is 9.55. The highest BCUT2D eigenvalue weighted by atomic mass is 16.5. The van der Waals surface area contributed by atoms with Crippen molar-refractivity contribution in [3.05, 3.63) is 58.7 Å². The molecular weight excluding hydrogens is 386 g/mol. The Labute approximate surface area is 174 Å². The number of aliphatic hydroxyl groups is 1. The lowest BCUT2D eigenvalue weighted by Crippen LogP contribution is -2.30. The first-order chi connectivity index (χ1) is 14.4. The summed E-state index contributed by atoms with van der Waals surface area (Å²) in [5.74, 6) is 0.881. The van der Waals surface area contributed by atoms with Gasteiger partial charge >= 0.3 is 5.97 Å². The molecule has 0 radical (unpaired) electrons. The third kappa shape index (κ3) is 4.04. The predicted octanol–water partition coefficient (Wildman–Crippen LogP) is 2.74. The van der Waals surface area contributed by atoms with Gasteiger partial charge in [0.1, 0.15) is 19.0 Å². The molecule has 30 heavy (non-hydrogen) atoms. The van der Waals surface area contributed by atoms with E-state index in [4.69, 9.17) is 15.9 Å². The van der Waals surface area contributed by atoms with Crippen molar-refractivity contribution in [2.75, 3.05) is 18.1 Å². The summed E-state index contributed by atoms with van der Waals surface area (Å²) < 4.78 is 10.6. The lowest BCUT2D eigenvalue weighted by molar-refractivity contribution is 0.0250. The fourth-order valence-corrected chi connectivity index (χ4v) is 3.00. The number of esters is 1. The standard InChI is InChI=1S/C23H21NO6/c1-4-10-29-20-9-6-14(3)11-19(20)24-21(26)17-8-7-15(12-18(17)22(24)27)23(28)30-13-16(25)5-2/h1,6-9,11-12,16,25H,5,10,13H2,2-3H3. The van der Waals surface area contributed by atoms with Crippen LogP contribution in [0.4, 0.5) is 5.69 Å². The number of hydrogen-bond donors (Lipinski definition) is 1. The molecule has 0 aromatic heterocycles. The molecule has 2 aromatic rings. The second-order valence-electron chi connectivity index (χ2n) is 6.83. The molecule has 154 valence electrons. The Hall–Kier alpha value is -3.63. The molecule has 3 rings (SSSR count). The number of anilines is 1. The zero-order valence-electron chi connectivity index (χ0n) is 16.7. The van der Waals surface area contributed by atoms with Gasteiger partial charge in [0.05, 0.1) is 28.5 Å². The Morgan fingerprint density at radius 1 is 1.17 bits per heavy atom. The Morgan fingerprint density at radius 2 is 1.90 bits per heavy atom. The van der Waals surface area contributed by atoms with Crippen molar-refractivity contribution in [1.82, 2.24) is 0 Å². The number of terminal acetylenes is 1. The van der Waals surface area contributed by atoms with E-state index in [1.165, 1.54) is 18.2 Å². The van der Waals surface area contributed by atoms with E-state index in [0.717, 1.165) is 10.5 Å². The van der Waals surface area contributed by atoms with Crippen LogP contribution in [0.2, 0.25) is 0 Å². The van der Waals surface area contributed by atoms with Gasteiger partial charge in [-0.1, -0.05) is 18.9 Å². The van der Waals surface area contributed by atoms with Gasteiger partial charge in [-0.2, -0.15) is 0 Å². The van der Waals surface area contributed by atoms with Crippen molar-refractivity contribution in [2.24, 2.45) is 0 Å². The summed E-state index contributed by atoms with van der Waals surface area (Å²) in [5.41, 5.74) is 1.50. The summed E-state index contributed by atoms with van der Waals surface area (Å²) in [4.78, 5) is 39.2. The number of fused-ring (bicyclic) bond motifs is 1. The fraction of sp³-hybridized carbons (Fsp3) is 0.261. The van der Waals surface area contributed by atoms with Crippen molar-refractivity contribution in [2.45, 2.75) is 26.4 Å². The minimum atomic E-state index is -0.759. The van der Waals surface area contributed by atoms with E-state index >= 15 is 0 Å². The number of aliphatic hydroxyl groups excluding tert-OH is 1. The summed E-state index contributed by atoms with van der Waals surface area (Å²) in [6, 6.07) is 9.25. The third-order valence-electron chi connectivity index (χ3n) is 4.67. The minimum absolute atomic E-state index is 0.0150. The zero-order valence-corrected chi connectivity index (χ0v) is 16.7. The smallest absolute Gasteiger partial charge is 0.338 e. The molecule has 1 atom stereocenters. The van der Waals surface area contributed by atoms with Crippen LogP contribution in [0.3, 0.4) is 0 Å². The molecule has 1 aliphatic heterocycles. The first-order valence-electron chi connectivity index (χ1n) is 9.42. The number of carbonyl (C=O) groups excluding carboxylic acids is 3. The summed E-state index contributed by atoms with van der Waals surface area (Å²) in [6.07, 6.45) is 4.93. The van der Waals surface area contributed by atoms with Crippen LogP contribution >= 0.6 is 0 Å². The van der Waals surface area contributed by atoms with Gasteiger partial charge in [0.15, 0.2) is 0 Å². The molecule has 1 aliphatic rings. The second-order valence-corrected chi connectivity index (χ2v) is 6.83. The quantitative estimate of drug-likeness (QED) is 0.431. The van der Waals surface area contributed by atoms with Gasteiger partial charge in [0.25, 0.3) is 11.8 Å². The summed E-state index contributed by atoms with van der Waals surface area (Å²) in [7, 11) is 0. The maximum atomic E-state index is 13.0. The molecule has 0 spiro atoms. The first-order valence-corrected chi connectivity index (χ1v) is 9.42. The van der Waals surface area contributed by atoms with E-state index in [0.29, 0.717) is 12.2 Å². The van der Waals surface area contributed by atoms with Gasteiger partial charge < -0.3 is 14.6 Å². The molecule has 1 N–H and O–H groups in total. The van der Waals surface area contributed by atoms with Crippen LogP contribution in [0.25, 0.3) is 0 Å². The van der Waals surface area contributed by atoms with Gasteiger partial charge in [-0.05, 0) is 49.2 Å². The van der Waals surface area contributed by atoms with Crippen LogP contribution in [0.5, 0.6) is 5.75 Å². The normalized spacial score (nSPS) is 13.6. The molecule has 7 heteroatoms. The van der Waals surface area contributed by atoms with Gasteiger partial charge in [0, 0.05) is 0 Å². The SMILES string of the molecule is C#CCOc1ccc(C)cc1N1C(=O)c2ccc(C(=O)OCC(O)CC)cc2C1=O. The molecule has 0 saturated heterocycles. The fourth-order valence-electron chi connectivity index (χ4n) is 3.00. The van der Waals surface area contributed by atoms with Gasteiger partial charge in [0.2, 0.25) is 0 Å². The molecular formula is C23H21NO6. The van der Waals surface area contributed by atoms with Crippen molar-refractivity contribution < 1.29 is 29.0 Å². The number of hydrogen-bond acceptors (Lipinski definition) is 6. The lowest BCUT2D eigenvalue weighted by atomic mass is 10.1. The van der Waals surface area contributed by atoms with Crippen LogP contribution < -0.4 is 9.64 Å². The topological polar surface area (TPSA) is 93.1 Å². The molecule has 2 amide bonds. The zero-order chi connectivity index (χ0) is 21.8. The van der Waals surface area contributed by atoms with Crippen LogP contribution in [0.15, 0.2) is 36.4 Å². The number of amides is 2. The number of ether oxygens (including phenoxy) is 2. The Balaban J connectivity index is 1.92. The maximum absolute atomic E-state index is 13.0. The number of aryl methyl sites for hydroxylation is 1. The average Bonchev–Trinajstić information content (AvgIpc) is 3.00. The highest BCUT2D eigenvalue weighted by Crippen LogP contribution is 2.36. The van der Waals surface area contributed by atoms with Crippen molar-refractivity contribution in [3.63, 3.8) is 0 Å². The number of carbonyl (C=O) groups is 3. The molecule has 0 aliphatic carbocycles. The number of benzene rings is 2. The second kappa shape index (κ2) is 8.80. The van der Waals surface area contributed by atoms with Crippen molar-refractivity contribution in [3.8, 4) is 18.1 Å². The molecule has 0 saturated carbocycles. The van der Waals surface area contributed by atoms with E-state index in [1.807, 2.05) is 6.92 Å². The molecule has 2 aromatic carbocycles. The molecule has 1 unspecified atom stereocenters. The summed E-state index contributed by atoms with van der Waals surface area (Å²) >= 11 is 0. The van der Waals surface area contributed by atoms with Crippen LogP contribution in [0.1, 0.15) is 50.0 Å². The van der Waals surface area contributed by atoms with E-state index in [-0.39, 0.29) is 35.6 Å². The van der Waals surface area contributed by atoms with E-state index in [9.17, 15) is 19.5 Å². The molecule has 1 heterocycles. The van der Waals surface area contributed by atoms with Crippen molar-refractivity contribution >= 4 is 23.5 Å². The highest BCUT2D eigenvalue weighted by molar-refractivity contribution is 6.35. The summed E-state index contributed by atoms with van der Waals surface area (Å²) in [6.45, 7) is 3.43. The van der Waals surface area contributed by atoms with E-state index < -0.39 is 23.9 Å². The minimum Gasteiger partial charge on any atom is -0.479 e. The number of imide groups is 1. The number of nitrogens with zero attached hydrogens (tertiary/aromatic N) is 1. The molecule has 7 nitrogen and oxygen atoms in total. The number of rotatable bonds is 7. The van der Waals surface area contributed by atoms with E-state index in [1.54, 1.807) is 25.1 Å². The van der Waals surface area contributed by atoms with Crippen LogP contribution in [0, 0.1) is 19.3 Å². The highest BCUT2D eigenvalue weighted by Gasteiger charge is 2.38.